The third kappa shape index (κ3) is 3.21. The lowest BCUT2D eigenvalue weighted by Crippen LogP contribution is -2.29. The van der Waals surface area contributed by atoms with Crippen LogP contribution in [0.5, 0.6) is 0 Å². The van der Waals surface area contributed by atoms with Crippen molar-refractivity contribution < 1.29 is 0 Å². The van der Waals surface area contributed by atoms with Gasteiger partial charge >= 0.3 is 0 Å². The normalized spacial score (nSPS) is 38.4. The van der Waals surface area contributed by atoms with Crippen molar-refractivity contribution >= 4 is 0 Å². The molecule has 1 saturated carbocycles. The van der Waals surface area contributed by atoms with Crippen LogP contribution in [0.25, 0.3) is 0 Å². The third-order valence-electron chi connectivity index (χ3n) is 4.57. The van der Waals surface area contributed by atoms with Crippen molar-refractivity contribution in [1.29, 1.82) is 0 Å². The number of rotatable bonds is 3. The Morgan fingerprint density at radius 2 is 1.67 bits per heavy atom. The van der Waals surface area contributed by atoms with Gasteiger partial charge in [0.2, 0.25) is 0 Å². The molecule has 0 spiro atoms. The minimum atomic E-state index is 0.956. The van der Waals surface area contributed by atoms with E-state index in [9.17, 15) is 0 Å². The van der Waals surface area contributed by atoms with Crippen molar-refractivity contribution in [1.82, 2.24) is 4.90 Å². The van der Waals surface area contributed by atoms with Crippen molar-refractivity contribution in [3.63, 3.8) is 0 Å². The summed E-state index contributed by atoms with van der Waals surface area (Å²) in [5, 5.41) is 0. The monoisotopic (exact) mass is 209 g/mol. The van der Waals surface area contributed by atoms with Crippen LogP contribution in [0.1, 0.15) is 52.4 Å². The van der Waals surface area contributed by atoms with Gasteiger partial charge in [-0.05, 0) is 43.6 Å². The molecule has 1 aliphatic heterocycles. The third-order valence-corrected chi connectivity index (χ3v) is 4.57. The Morgan fingerprint density at radius 1 is 1.00 bits per heavy atom. The summed E-state index contributed by atoms with van der Waals surface area (Å²) < 4.78 is 0. The minimum Gasteiger partial charge on any atom is -0.303 e. The molecule has 0 unspecified atom stereocenters. The molecule has 0 aromatic rings. The van der Waals surface area contributed by atoms with Gasteiger partial charge in [0.05, 0.1) is 0 Å². The van der Waals surface area contributed by atoms with Crippen LogP contribution in [-0.4, -0.2) is 24.5 Å². The van der Waals surface area contributed by atoms with Crippen molar-refractivity contribution in [2.45, 2.75) is 52.4 Å². The molecule has 0 aromatic carbocycles. The van der Waals surface area contributed by atoms with Gasteiger partial charge in [-0.15, -0.1) is 0 Å². The highest BCUT2D eigenvalue weighted by Gasteiger charge is 2.25. The summed E-state index contributed by atoms with van der Waals surface area (Å²) in [6.45, 7) is 8.89. The molecule has 1 heterocycles. The molecule has 0 radical (unpaired) electrons. The second kappa shape index (κ2) is 5.34. The Balaban J connectivity index is 1.68. The van der Waals surface area contributed by atoms with Gasteiger partial charge in [-0.25, -0.2) is 0 Å². The first-order valence-corrected chi connectivity index (χ1v) is 7.00. The molecule has 1 saturated heterocycles. The zero-order chi connectivity index (χ0) is 10.7. The molecule has 1 atom stereocenters. The second-order valence-corrected chi connectivity index (χ2v) is 5.95. The molecular formula is C14H27N. The molecule has 1 heteroatoms. The molecule has 15 heavy (non-hydrogen) atoms. The van der Waals surface area contributed by atoms with Crippen LogP contribution in [0.2, 0.25) is 0 Å². The Bertz CT molecular complexity index is 182. The SMILES string of the molecule is CCC1CCC(CN2CC[C@H](C)C2)CC1. The van der Waals surface area contributed by atoms with Crippen LogP contribution in [0.4, 0.5) is 0 Å². The molecule has 1 nitrogen and oxygen atoms in total. The van der Waals surface area contributed by atoms with Gasteiger partial charge in [-0.3, -0.25) is 0 Å². The zero-order valence-electron chi connectivity index (χ0n) is 10.5. The van der Waals surface area contributed by atoms with Crippen LogP contribution in [0.15, 0.2) is 0 Å². The van der Waals surface area contributed by atoms with Crippen molar-refractivity contribution in [3.05, 3.63) is 0 Å². The first-order valence-electron chi connectivity index (χ1n) is 7.00. The van der Waals surface area contributed by atoms with E-state index < -0.39 is 0 Å². The average molecular weight is 209 g/mol. The topological polar surface area (TPSA) is 3.24 Å². The Hall–Kier alpha value is -0.0400. The molecule has 2 fully saturated rings. The molecule has 0 amide bonds. The van der Waals surface area contributed by atoms with Gasteiger partial charge in [0, 0.05) is 13.1 Å². The zero-order valence-corrected chi connectivity index (χ0v) is 10.5. The van der Waals surface area contributed by atoms with Gasteiger partial charge in [0.25, 0.3) is 0 Å². The summed E-state index contributed by atoms with van der Waals surface area (Å²) in [7, 11) is 0. The molecule has 2 aliphatic rings. The van der Waals surface area contributed by atoms with E-state index in [0.29, 0.717) is 0 Å². The maximum atomic E-state index is 2.71. The number of hydrogen-bond donors (Lipinski definition) is 0. The fourth-order valence-corrected chi connectivity index (χ4v) is 3.38. The minimum absolute atomic E-state index is 0.956. The molecule has 2 rings (SSSR count). The van der Waals surface area contributed by atoms with Gasteiger partial charge in [0.1, 0.15) is 0 Å². The Kier molecular flexibility index (Phi) is 4.07. The standard InChI is InChI=1S/C14H27N/c1-3-13-4-6-14(7-5-13)11-15-9-8-12(2)10-15/h12-14H,3-11H2,1-2H3/t12-,13?,14?/m0/s1. The number of nitrogens with zero attached hydrogens (tertiary/aromatic N) is 1. The largest absolute Gasteiger partial charge is 0.303 e. The van der Waals surface area contributed by atoms with E-state index in [2.05, 4.69) is 18.7 Å². The lowest BCUT2D eigenvalue weighted by Gasteiger charge is -2.30. The second-order valence-electron chi connectivity index (χ2n) is 5.95. The summed E-state index contributed by atoms with van der Waals surface area (Å²) >= 11 is 0. The summed E-state index contributed by atoms with van der Waals surface area (Å²) in [6.07, 6.45) is 8.86. The first-order chi connectivity index (χ1) is 7.28. The first kappa shape index (κ1) is 11.4. The van der Waals surface area contributed by atoms with Crippen molar-refractivity contribution in [3.8, 4) is 0 Å². The summed E-state index contributed by atoms with van der Waals surface area (Å²) in [4.78, 5) is 2.71. The predicted molar refractivity (Wildman–Crippen MR) is 66.0 cm³/mol. The van der Waals surface area contributed by atoms with Crippen LogP contribution in [0.3, 0.4) is 0 Å². The van der Waals surface area contributed by atoms with Crippen LogP contribution in [0, 0.1) is 17.8 Å². The van der Waals surface area contributed by atoms with Gasteiger partial charge in [-0.1, -0.05) is 33.1 Å². The summed E-state index contributed by atoms with van der Waals surface area (Å²) in [5.41, 5.74) is 0. The van der Waals surface area contributed by atoms with E-state index >= 15 is 0 Å². The highest BCUT2D eigenvalue weighted by Crippen LogP contribution is 2.31. The van der Waals surface area contributed by atoms with Gasteiger partial charge in [-0.2, -0.15) is 0 Å². The summed E-state index contributed by atoms with van der Waals surface area (Å²) in [6, 6.07) is 0. The van der Waals surface area contributed by atoms with Crippen LogP contribution < -0.4 is 0 Å². The molecule has 0 N–H and O–H groups in total. The molecular weight excluding hydrogens is 182 g/mol. The molecule has 0 aromatic heterocycles. The van der Waals surface area contributed by atoms with Crippen molar-refractivity contribution in [2.24, 2.45) is 17.8 Å². The number of hydrogen-bond acceptors (Lipinski definition) is 1. The summed E-state index contributed by atoms with van der Waals surface area (Å²) in [5.74, 6) is 3.04. The molecule has 0 bridgehead atoms. The van der Waals surface area contributed by atoms with E-state index in [1.807, 2.05) is 0 Å². The van der Waals surface area contributed by atoms with Crippen molar-refractivity contribution in [2.75, 3.05) is 19.6 Å². The Labute approximate surface area is 95.2 Å². The highest BCUT2D eigenvalue weighted by atomic mass is 15.1. The number of likely N-dealkylation sites (tertiary alicyclic amines) is 1. The predicted octanol–water partition coefficient (Wildman–Crippen LogP) is 3.54. The van der Waals surface area contributed by atoms with E-state index in [0.717, 1.165) is 17.8 Å². The van der Waals surface area contributed by atoms with Gasteiger partial charge < -0.3 is 4.90 Å². The quantitative estimate of drug-likeness (QED) is 0.687. The van der Waals surface area contributed by atoms with E-state index in [4.69, 9.17) is 0 Å². The van der Waals surface area contributed by atoms with Crippen LogP contribution in [-0.2, 0) is 0 Å². The lowest BCUT2D eigenvalue weighted by atomic mass is 9.81. The van der Waals surface area contributed by atoms with E-state index in [1.165, 1.54) is 58.2 Å². The maximum absolute atomic E-state index is 2.71. The fourth-order valence-electron chi connectivity index (χ4n) is 3.38. The average Bonchev–Trinajstić information content (AvgIpc) is 2.65. The van der Waals surface area contributed by atoms with E-state index in [1.54, 1.807) is 0 Å². The smallest absolute Gasteiger partial charge is 0.000978 e. The maximum Gasteiger partial charge on any atom is 0.000978 e. The molecule has 1 aliphatic carbocycles. The Morgan fingerprint density at radius 3 is 2.20 bits per heavy atom. The van der Waals surface area contributed by atoms with Gasteiger partial charge in [0.15, 0.2) is 0 Å². The lowest BCUT2D eigenvalue weighted by molar-refractivity contribution is 0.198. The highest BCUT2D eigenvalue weighted by molar-refractivity contribution is 4.78. The van der Waals surface area contributed by atoms with Crippen LogP contribution >= 0.6 is 0 Å². The van der Waals surface area contributed by atoms with E-state index in [-0.39, 0.29) is 0 Å². The fraction of sp³-hybridized carbons (Fsp3) is 1.00. The molecule has 88 valence electrons.